The zero-order valence-corrected chi connectivity index (χ0v) is 25.2. The summed E-state index contributed by atoms with van der Waals surface area (Å²) in [6.45, 7) is 0.429. The van der Waals surface area contributed by atoms with Gasteiger partial charge in [-0.15, -0.1) is 0 Å². The van der Waals surface area contributed by atoms with Gasteiger partial charge in [-0.3, -0.25) is 29.8 Å². The number of carboxylic acids is 1. The second-order valence-electron chi connectivity index (χ2n) is 9.05. The molecule has 0 amide bonds. The number of carbonyl (C=O) groups excluding carboxylic acids is 3. The van der Waals surface area contributed by atoms with Crippen LogP contribution in [0.2, 0.25) is 0 Å². The molecule has 0 aliphatic carbocycles. The maximum atomic E-state index is 11.9. The summed E-state index contributed by atoms with van der Waals surface area (Å²) in [7, 11) is 1.43. The number of aliphatic hydroxyl groups is 2. The van der Waals surface area contributed by atoms with Crippen LogP contribution in [0.3, 0.4) is 0 Å². The highest BCUT2D eigenvalue weighted by atomic mass is 16.6. The van der Waals surface area contributed by atoms with Crippen LogP contribution in [0.5, 0.6) is 5.95 Å². The third-order valence-corrected chi connectivity index (χ3v) is 5.88. The van der Waals surface area contributed by atoms with Gasteiger partial charge in [-0.2, -0.15) is 0 Å². The maximum absolute atomic E-state index is 11.9. The number of carbonyl (C=O) groups is 4. The minimum atomic E-state index is -1.20. The molecule has 0 atom stereocenters. The van der Waals surface area contributed by atoms with Gasteiger partial charge < -0.3 is 38.4 Å². The number of furan rings is 2. The largest absolute Gasteiger partial charge is 0.475 e. The normalized spacial score (nSPS) is 10.0. The molecule has 3 N–H and O–H groups in total. The second kappa shape index (κ2) is 18.7. The molecule has 0 fully saturated rings. The summed E-state index contributed by atoms with van der Waals surface area (Å²) in [6, 6.07) is 14.3. The van der Waals surface area contributed by atoms with Gasteiger partial charge >= 0.3 is 18.4 Å². The Morgan fingerprint density at radius 2 is 1.27 bits per heavy atom. The lowest BCUT2D eigenvalue weighted by Gasteiger charge is -2.08. The Kier molecular flexibility index (Phi) is 14.8. The number of Topliss-reactive ketones (excluding diaryl/α,β-unsaturated/α-hetero) is 1. The van der Waals surface area contributed by atoms with Crippen LogP contribution >= 0.6 is 0 Å². The first kappa shape index (κ1) is 37.9. The SMILES string of the molecule is COCc1cccc(COC(=O)c2ccc(C(C)=O)o2)c1[N+](=O)[O-].O=COc1ccc(C(=O)O)o1.O=[N+]([O-])c1c(CO)cccc1CO. The molecule has 2 aromatic carbocycles. The molecule has 0 radical (unpaired) electrons. The second-order valence-corrected chi connectivity index (χ2v) is 9.05. The molecule has 254 valence electrons. The lowest BCUT2D eigenvalue weighted by molar-refractivity contribution is -0.387. The minimum absolute atomic E-state index is 0.0371. The van der Waals surface area contributed by atoms with E-state index in [0.717, 1.165) is 0 Å². The van der Waals surface area contributed by atoms with Gasteiger partial charge in [-0.05, 0) is 42.5 Å². The number of nitrogens with zero attached hydrogens (tertiary/aromatic N) is 2. The Morgan fingerprint density at radius 3 is 1.71 bits per heavy atom. The summed E-state index contributed by atoms with van der Waals surface area (Å²) in [4.78, 5) is 63.6. The lowest BCUT2D eigenvalue weighted by atomic mass is 10.1. The fourth-order valence-electron chi connectivity index (χ4n) is 3.80. The molecule has 4 aromatic rings. The number of aliphatic hydroxyl groups excluding tert-OH is 2. The van der Waals surface area contributed by atoms with Crippen molar-refractivity contribution in [2.45, 2.75) is 33.4 Å². The van der Waals surface area contributed by atoms with Crippen molar-refractivity contribution in [3.8, 4) is 5.95 Å². The monoisotopic (exact) mass is 672 g/mol. The van der Waals surface area contributed by atoms with Gasteiger partial charge in [-0.1, -0.05) is 12.1 Å². The number of ketones is 1. The predicted molar refractivity (Wildman–Crippen MR) is 159 cm³/mol. The number of nitro benzene ring substituents is 2. The van der Waals surface area contributed by atoms with E-state index in [1.807, 2.05) is 0 Å². The van der Waals surface area contributed by atoms with Crippen molar-refractivity contribution in [2.24, 2.45) is 0 Å². The molecule has 2 aromatic heterocycles. The van der Waals surface area contributed by atoms with Crippen molar-refractivity contribution < 1.29 is 67.4 Å². The number of carboxylic acid groups (broad SMARTS) is 1. The van der Waals surface area contributed by atoms with Crippen LogP contribution in [0.4, 0.5) is 11.4 Å². The van der Waals surface area contributed by atoms with Gasteiger partial charge in [-0.25, -0.2) is 9.59 Å². The Hall–Kier alpha value is -6.24. The number of benzene rings is 2. The fraction of sp³-hybridized carbons (Fsp3) is 0.200. The van der Waals surface area contributed by atoms with Crippen LogP contribution in [0.1, 0.15) is 60.8 Å². The number of esters is 1. The van der Waals surface area contributed by atoms with E-state index in [2.05, 4.69) is 9.15 Å². The van der Waals surface area contributed by atoms with E-state index in [0.29, 0.717) is 5.56 Å². The molecule has 18 nitrogen and oxygen atoms in total. The number of ether oxygens (including phenoxy) is 3. The van der Waals surface area contributed by atoms with E-state index in [-0.39, 0.29) is 76.8 Å². The van der Waals surface area contributed by atoms with Gasteiger partial charge in [0.2, 0.25) is 11.5 Å². The first-order chi connectivity index (χ1) is 22.9. The molecular weight excluding hydrogens is 644 g/mol. The number of nitro groups is 2. The summed E-state index contributed by atoms with van der Waals surface area (Å²) >= 11 is 0. The van der Waals surface area contributed by atoms with E-state index in [4.69, 9.17) is 29.2 Å². The quantitative estimate of drug-likeness (QED) is 0.0595. The summed E-state index contributed by atoms with van der Waals surface area (Å²) in [5.41, 5.74) is 0.700. The molecule has 48 heavy (non-hydrogen) atoms. The van der Waals surface area contributed by atoms with Crippen LogP contribution in [0.25, 0.3) is 0 Å². The molecule has 0 saturated carbocycles. The standard InChI is InChI=1S/C16H15NO7.C8H9NO4.C6H4O5/c1-10(18)13-6-7-14(24-13)16(19)23-9-12-5-3-4-11(8-22-2)15(12)17(20)21;10-4-6-2-1-3-7(5-11)8(6)9(12)13;7-3-10-5-2-1-4(11-5)6(8)9/h3-7H,8-9H2,1-2H3;1-3,10-11H,4-5H2;1-3H,(H,8,9). The predicted octanol–water partition coefficient (Wildman–Crippen LogP) is 3.99. The third-order valence-electron chi connectivity index (χ3n) is 5.88. The zero-order chi connectivity index (χ0) is 35.8. The van der Waals surface area contributed by atoms with Gasteiger partial charge in [0, 0.05) is 20.1 Å². The van der Waals surface area contributed by atoms with Crippen molar-refractivity contribution >= 4 is 35.6 Å². The van der Waals surface area contributed by atoms with Crippen LogP contribution in [0.15, 0.2) is 69.5 Å². The number of para-hydroxylation sites is 2. The topological polar surface area (TPSA) is 269 Å². The molecule has 2 heterocycles. The number of rotatable bonds is 13. The molecule has 18 heteroatoms. The van der Waals surface area contributed by atoms with Gasteiger partial charge in [0.25, 0.3) is 17.3 Å². The van der Waals surface area contributed by atoms with E-state index in [1.54, 1.807) is 18.2 Å². The molecule has 0 saturated heterocycles. The average Bonchev–Trinajstić information content (AvgIpc) is 3.75. The number of hydrogen-bond donors (Lipinski definition) is 3. The molecule has 0 bridgehead atoms. The van der Waals surface area contributed by atoms with Crippen LogP contribution in [-0.4, -0.2) is 56.5 Å². The Balaban J connectivity index is 0.000000279. The highest BCUT2D eigenvalue weighted by molar-refractivity contribution is 5.93. The van der Waals surface area contributed by atoms with Crippen molar-refractivity contribution in [3.05, 3.63) is 120 Å². The maximum Gasteiger partial charge on any atom is 0.374 e. The smallest absolute Gasteiger partial charge is 0.374 e. The molecule has 0 unspecified atom stereocenters. The number of hydrogen-bond acceptors (Lipinski definition) is 15. The molecule has 0 spiro atoms. The first-order valence-corrected chi connectivity index (χ1v) is 13.3. The highest BCUT2D eigenvalue weighted by Crippen LogP contribution is 2.26. The highest BCUT2D eigenvalue weighted by Gasteiger charge is 2.22. The molecular formula is C30H28N2O16. The summed E-state index contributed by atoms with van der Waals surface area (Å²) in [5, 5.41) is 47.7. The molecule has 4 rings (SSSR count). The van der Waals surface area contributed by atoms with Crippen LogP contribution in [0, 0.1) is 20.2 Å². The fourth-order valence-corrected chi connectivity index (χ4v) is 3.80. The summed E-state index contributed by atoms with van der Waals surface area (Å²) < 4.78 is 23.8. The molecule has 0 aliphatic heterocycles. The van der Waals surface area contributed by atoms with E-state index >= 15 is 0 Å². The Morgan fingerprint density at radius 1 is 0.771 bits per heavy atom. The van der Waals surface area contributed by atoms with Crippen molar-refractivity contribution in [3.63, 3.8) is 0 Å². The van der Waals surface area contributed by atoms with Gasteiger partial charge in [0.05, 0.1) is 51.9 Å². The zero-order valence-electron chi connectivity index (χ0n) is 25.2. The first-order valence-electron chi connectivity index (χ1n) is 13.3. The van der Waals surface area contributed by atoms with Crippen molar-refractivity contribution in [1.29, 1.82) is 0 Å². The van der Waals surface area contributed by atoms with Crippen LogP contribution in [-0.2, 0) is 40.7 Å². The van der Waals surface area contributed by atoms with E-state index < -0.39 is 35.0 Å². The lowest BCUT2D eigenvalue weighted by Crippen LogP contribution is -2.07. The summed E-state index contributed by atoms with van der Waals surface area (Å²) in [6.07, 6.45) is 0. The van der Waals surface area contributed by atoms with E-state index in [9.17, 15) is 39.4 Å². The van der Waals surface area contributed by atoms with E-state index in [1.165, 1.54) is 56.5 Å². The van der Waals surface area contributed by atoms with Crippen molar-refractivity contribution in [1.82, 2.24) is 0 Å². The van der Waals surface area contributed by atoms with Gasteiger partial charge in [0.1, 0.15) is 6.61 Å². The average molecular weight is 673 g/mol. The van der Waals surface area contributed by atoms with Crippen molar-refractivity contribution in [2.75, 3.05) is 7.11 Å². The number of methoxy groups -OCH3 is 1. The van der Waals surface area contributed by atoms with Crippen LogP contribution < -0.4 is 4.74 Å². The Bertz CT molecular complexity index is 1730. The van der Waals surface area contributed by atoms with Gasteiger partial charge in [0.15, 0.2) is 11.5 Å². The third kappa shape index (κ3) is 10.7. The molecule has 0 aliphatic rings. The Labute approximate surface area is 270 Å². The number of aromatic carboxylic acids is 1. The minimum Gasteiger partial charge on any atom is -0.475 e. The summed E-state index contributed by atoms with van der Waals surface area (Å²) in [5.74, 6) is -2.83.